The molecule has 0 aromatic carbocycles. The number of carboxylic acids is 1. The fraction of sp³-hybridized carbons (Fsp3) is 0.909. The number of nitrogens with zero attached hydrogens (tertiary/aromatic N) is 1. The Morgan fingerprint density at radius 3 is 2.73 bits per heavy atom. The maximum absolute atomic E-state index is 11.3. The van der Waals surface area contributed by atoms with Gasteiger partial charge in [0.1, 0.15) is 5.54 Å². The Hall–Kier alpha value is -0.610. The van der Waals surface area contributed by atoms with E-state index < -0.39 is 11.5 Å². The number of carboxylic acid groups (broad SMARTS) is 1. The Bertz CT molecular complexity index is 250. The molecule has 2 saturated heterocycles. The molecule has 4 heteroatoms. The molecule has 0 aliphatic carbocycles. The molecule has 2 rings (SSSR count). The molecule has 86 valence electrons. The van der Waals surface area contributed by atoms with Crippen LogP contribution in [0.4, 0.5) is 0 Å². The standard InChI is InChI=1S/C11H19NO3/c1-11(10(13)14)5-2-6-12(11)9-3-7-15-8-4-9/h9H,2-8H2,1H3,(H,13,14). The summed E-state index contributed by atoms with van der Waals surface area (Å²) in [6, 6.07) is 0.405. The topological polar surface area (TPSA) is 49.8 Å². The van der Waals surface area contributed by atoms with Crippen molar-refractivity contribution in [3.05, 3.63) is 0 Å². The van der Waals surface area contributed by atoms with E-state index in [1.165, 1.54) is 0 Å². The van der Waals surface area contributed by atoms with Crippen LogP contribution in [0.5, 0.6) is 0 Å². The zero-order chi connectivity index (χ0) is 10.9. The van der Waals surface area contributed by atoms with Gasteiger partial charge in [-0.15, -0.1) is 0 Å². The van der Waals surface area contributed by atoms with E-state index in [1.807, 2.05) is 6.92 Å². The highest BCUT2D eigenvalue weighted by Crippen LogP contribution is 2.33. The third kappa shape index (κ3) is 1.88. The minimum Gasteiger partial charge on any atom is -0.480 e. The second-order valence-corrected chi connectivity index (χ2v) is 4.72. The van der Waals surface area contributed by atoms with Crippen molar-refractivity contribution in [3.63, 3.8) is 0 Å². The highest BCUT2D eigenvalue weighted by atomic mass is 16.5. The van der Waals surface area contributed by atoms with Gasteiger partial charge < -0.3 is 9.84 Å². The van der Waals surface area contributed by atoms with Gasteiger partial charge >= 0.3 is 5.97 Å². The van der Waals surface area contributed by atoms with E-state index in [0.29, 0.717) is 6.04 Å². The molecule has 2 heterocycles. The summed E-state index contributed by atoms with van der Waals surface area (Å²) in [6.07, 6.45) is 3.73. The molecule has 2 fully saturated rings. The first-order valence-corrected chi connectivity index (χ1v) is 5.72. The Morgan fingerprint density at radius 2 is 2.13 bits per heavy atom. The summed E-state index contributed by atoms with van der Waals surface area (Å²) in [5.41, 5.74) is -0.637. The predicted molar refractivity (Wildman–Crippen MR) is 55.8 cm³/mol. The zero-order valence-electron chi connectivity index (χ0n) is 9.24. The van der Waals surface area contributed by atoms with Crippen molar-refractivity contribution in [2.75, 3.05) is 19.8 Å². The average Bonchev–Trinajstić information content (AvgIpc) is 2.63. The molecule has 0 spiro atoms. The second kappa shape index (κ2) is 4.10. The van der Waals surface area contributed by atoms with Crippen LogP contribution in [0.15, 0.2) is 0 Å². The van der Waals surface area contributed by atoms with Gasteiger partial charge in [-0.2, -0.15) is 0 Å². The van der Waals surface area contributed by atoms with Crippen LogP contribution in [0.25, 0.3) is 0 Å². The van der Waals surface area contributed by atoms with Crippen LogP contribution >= 0.6 is 0 Å². The van der Waals surface area contributed by atoms with Gasteiger partial charge in [-0.25, -0.2) is 0 Å². The third-order valence-electron chi connectivity index (χ3n) is 3.79. The van der Waals surface area contributed by atoms with E-state index in [-0.39, 0.29) is 0 Å². The first-order valence-electron chi connectivity index (χ1n) is 5.72. The third-order valence-corrected chi connectivity index (χ3v) is 3.79. The number of carbonyl (C=O) groups is 1. The van der Waals surface area contributed by atoms with Gasteiger partial charge in [0.25, 0.3) is 0 Å². The molecule has 0 aromatic heterocycles. The molecule has 1 N–H and O–H groups in total. The minimum atomic E-state index is -0.675. The molecule has 2 aliphatic rings. The van der Waals surface area contributed by atoms with E-state index in [2.05, 4.69) is 4.90 Å². The lowest BCUT2D eigenvalue weighted by atomic mass is 9.95. The van der Waals surface area contributed by atoms with Crippen molar-refractivity contribution >= 4 is 5.97 Å². The fourth-order valence-corrected chi connectivity index (χ4v) is 2.80. The maximum atomic E-state index is 11.3. The number of rotatable bonds is 2. The van der Waals surface area contributed by atoms with Gasteiger partial charge in [0.05, 0.1) is 0 Å². The van der Waals surface area contributed by atoms with Crippen molar-refractivity contribution in [2.45, 2.75) is 44.2 Å². The first kappa shape index (κ1) is 10.9. The first-order chi connectivity index (χ1) is 7.14. The van der Waals surface area contributed by atoms with Crippen molar-refractivity contribution in [3.8, 4) is 0 Å². The SMILES string of the molecule is CC1(C(=O)O)CCCN1C1CCOCC1. The summed E-state index contributed by atoms with van der Waals surface area (Å²) in [4.78, 5) is 13.5. The van der Waals surface area contributed by atoms with Crippen LogP contribution < -0.4 is 0 Å². The summed E-state index contributed by atoms with van der Waals surface area (Å²) < 4.78 is 5.31. The number of likely N-dealkylation sites (tertiary alicyclic amines) is 1. The van der Waals surface area contributed by atoms with Crippen molar-refractivity contribution in [1.82, 2.24) is 4.90 Å². The monoisotopic (exact) mass is 213 g/mol. The summed E-state index contributed by atoms with van der Waals surface area (Å²) in [6.45, 7) is 4.33. The van der Waals surface area contributed by atoms with E-state index in [1.54, 1.807) is 0 Å². The van der Waals surface area contributed by atoms with Crippen LogP contribution in [0.3, 0.4) is 0 Å². The lowest BCUT2D eigenvalue weighted by molar-refractivity contribution is -0.151. The van der Waals surface area contributed by atoms with Gasteiger partial charge in [0, 0.05) is 19.3 Å². The largest absolute Gasteiger partial charge is 0.480 e. The maximum Gasteiger partial charge on any atom is 0.323 e. The van der Waals surface area contributed by atoms with Gasteiger partial charge in [-0.1, -0.05) is 0 Å². The summed E-state index contributed by atoms with van der Waals surface area (Å²) in [7, 11) is 0. The van der Waals surface area contributed by atoms with Crippen LogP contribution in [-0.2, 0) is 9.53 Å². The molecule has 15 heavy (non-hydrogen) atoms. The smallest absolute Gasteiger partial charge is 0.323 e. The zero-order valence-corrected chi connectivity index (χ0v) is 9.24. The molecular formula is C11H19NO3. The molecule has 0 saturated carbocycles. The molecule has 4 nitrogen and oxygen atoms in total. The van der Waals surface area contributed by atoms with Crippen LogP contribution in [0, 0.1) is 0 Å². The van der Waals surface area contributed by atoms with Crippen LogP contribution in [0.1, 0.15) is 32.6 Å². The van der Waals surface area contributed by atoms with Crippen LogP contribution in [-0.4, -0.2) is 47.3 Å². The molecule has 0 aromatic rings. The summed E-state index contributed by atoms with van der Waals surface area (Å²) >= 11 is 0. The molecule has 2 aliphatic heterocycles. The van der Waals surface area contributed by atoms with E-state index >= 15 is 0 Å². The van der Waals surface area contributed by atoms with Crippen molar-refractivity contribution in [2.24, 2.45) is 0 Å². The predicted octanol–water partition coefficient (Wildman–Crippen LogP) is 1.10. The van der Waals surface area contributed by atoms with Gasteiger partial charge in [-0.3, -0.25) is 9.69 Å². The van der Waals surface area contributed by atoms with Gasteiger partial charge in [0.2, 0.25) is 0 Å². The number of hydrogen-bond donors (Lipinski definition) is 1. The van der Waals surface area contributed by atoms with Crippen molar-refractivity contribution < 1.29 is 14.6 Å². The van der Waals surface area contributed by atoms with Gasteiger partial charge in [-0.05, 0) is 39.2 Å². The highest BCUT2D eigenvalue weighted by molar-refractivity contribution is 5.78. The summed E-state index contributed by atoms with van der Waals surface area (Å²) in [5, 5.41) is 9.30. The minimum absolute atomic E-state index is 0.405. The second-order valence-electron chi connectivity index (χ2n) is 4.72. The lowest BCUT2D eigenvalue weighted by Gasteiger charge is -2.39. The molecule has 0 amide bonds. The highest BCUT2D eigenvalue weighted by Gasteiger charge is 2.46. The van der Waals surface area contributed by atoms with E-state index in [4.69, 9.17) is 4.74 Å². The molecule has 0 radical (unpaired) electrons. The Kier molecular flexibility index (Phi) is 2.98. The normalized spacial score (nSPS) is 34.5. The van der Waals surface area contributed by atoms with E-state index in [9.17, 15) is 9.90 Å². The number of ether oxygens (including phenoxy) is 1. The summed E-state index contributed by atoms with van der Waals surface area (Å²) in [5.74, 6) is -0.675. The van der Waals surface area contributed by atoms with E-state index in [0.717, 1.165) is 45.4 Å². The average molecular weight is 213 g/mol. The Labute approximate surface area is 90.2 Å². The van der Waals surface area contributed by atoms with Crippen molar-refractivity contribution in [1.29, 1.82) is 0 Å². The molecule has 1 atom stereocenters. The van der Waals surface area contributed by atoms with Crippen LogP contribution in [0.2, 0.25) is 0 Å². The molecular weight excluding hydrogens is 194 g/mol. The lowest BCUT2D eigenvalue weighted by Crippen LogP contribution is -2.53. The fourth-order valence-electron chi connectivity index (χ4n) is 2.80. The molecule has 0 bridgehead atoms. The Balaban J connectivity index is 2.09. The number of aliphatic carboxylic acids is 1. The quantitative estimate of drug-likeness (QED) is 0.746. The van der Waals surface area contributed by atoms with Gasteiger partial charge in [0.15, 0.2) is 0 Å². The molecule has 1 unspecified atom stereocenters. The Morgan fingerprint density at radius 1 is 1.47 bits per heavy atom. The number of hydrogen-bond acceptors (Lipinski definition) is 3.